The van der Waals surface area contributed by atoms with Crippen LogP contribution in [0.2, 0.25) is 0 Å². The van der Waals surface area contributed by atoms with Crippen LogP contribution in [0.4, 0.5) is 0 Å². The number of aliphatic carboxylic acids is 1. The third-order valence-corrected chi connectivity index (χ3v) is 3.10. The number of rotatable bonds is 4. The standard InChI is InChI=1S/C15H15NO4/c1-9(17)16-13(15(19)20)8-12-11-5-3-2-4-10(11)6-7-14(12)18/h2-7,13,18H,8H2,1H3,(H,16,17)(H,19,20). The first-order chi connectivity index (χ1) is 9.49. The maximum absolute atomic E-state index is 11.2. The third-order valence-electron chi connectivity index (χ3n) is 3.10. The van der Waals surface area contributed by atoms with Gasteiger partial charge >= 0.3 is 5.97 Å². The summed E-state index contributed by atoms with van der Waals surface area (Å²) in [6.07, 6.45) is 0.0299. The molecule has 0 spiro atoms. The number of nitrogens with one attached hydrogen (secondary N) is 1. The van der Waals surface area contributed by atoms with Crippen molar-refractivity contribution < 1.29 is 19.8 Å². The zero-order valence-corrected chi connectivity index (χ0v) is 11.0. The van der Waals surface area contributed by atoms with Crippen LogP contribution in [0.3, 0.4) is 0 Å². The number of carboxylic acids is 1. The molecular formula is C15H15NO4. The molecule has 0 heterocycles. The smallest absolute Gasteiger partial charge is 0.326 e. The number of phenols is 1. The second-order valence-electron chi connectivity index (χ2n) is 4.58. The summed E-state index contributed by atoms with van der Waals surface area (Å²) < 4.78 is 0. The minimum atomic E-state index is -1.13. The number of carboxylic acid groups (broad SMARTS) is 1. The predicted molar refractivity (Wildman–Crippen MR) is 74.6 cm³/mol. The Morgan fingerprint density at radius 2 is 1.90 bits per heavy atom. The van der Waals surface area contributed by atoms with Gasteiger partial charge in [-0.25, -0.2) is 4.79 Å². The number of amides is 1. The average Bonchev–Trinajstić information content (AvgIpc) is 2.40. The van der Waals surface area contributed by atoms with Gasteiger partial charge in [-0.05, 0) is 16.8 Å². The van der Waals surface area contributed by atoms with E-state index in [2.05, 4.69) is 5.32 Å². The van der Waals surface area contributed by atoms with Crippen LogP contribution >= 0.6 is 0 Å². The highest BCUT2D eigenvalue weighted by Crippen LogP contribution is 2.28. The molecule has 0 aliphatic heterocycles. The fourth-order valence-corrected chi connectivity index (χ4v) is 2.19. The van der Waals surface area contributed by atoms with Crippen LogP contribution in [0, 0.1) is 0 Å². The molecule has 0 aliphatic rings. The van der Waals surface area contributed by atoms with E-state index in [4.69, 9.17) is 5.11 Å². The van der Waals surface area contributed by atoms with Crippen LogP contribution in [0.5, 0.6) is 5.75 Å². The van der Waals surface area contributed by atoms with Crippen LogP contribution in [-0.4, -0.2) is 28.1 Å². The van der Waals surface area contributed by atoms with Gasteiger partial charge in [-0.2, -0.15) is 0 Å². The lowest BCUT2D eigenvalue weighted by Crippen LogP contribution is -2.41. The molecule has 0 radical (unpaired) electrons. The Balaban J connectivity index is 2.43. The van der Waals surface area contributed by atoms with E-state index in [1.54, 1.807) is 6.07 Å². The first kappa shape index (κ1) is 13.9. The number of aromatic hydroxyl groups is 1. The number of phenolic OH excluding ortho intramolecular Hbond substituents is 1. The summed E-state index contributed by atoms with van der Waals surface area (Å²) in [5.41, 5.74) is 0.518. The zero-order valence-electron chi connectivity index (χ0n) is 11.0. The van der Waals surface area contributed by atoms with Gasteiger partial charge < -0.3 is 15.5 Å². The van der Waals surface area contributed by atoms with Crippen molar-refractivity contribution in [1.29, 1.82) is 0 Å². The van der Waals surface area contributed by atoms with Crippen molar-refractivity contribution in [2.45, 2.75) is 19.4 Å². The van der Waals surface area contributed by atoms with E-state index in [1.165, 1.54) is 13.0 Å². The number of hydrogen-bond donors (Lipinski definition) is 3. The summed E-state index contributed by atoms with van der Waals surface area (Å²) in [6.45, 7) is 1.26. The third kappa shape index (κ3) is 2.88. The van der Waals surface area contributed by atoms with E-state index in [-0.39, 0.29) is 12.2 Å². The van der Waals surface area contributed by atoms with E-state index in [0.717, 1.165) is 10.8 Å². The largest absolute Gasteiger partial charge is 0.508 e. The summed E-state index contributed by atoms with van der Waals surface area (Å²) in [5, 5.41) is 23.2. The molecule has 2 rings (SSSR count). The van der Waals surface area contributed by atoms with Crippen molar-refractivity contribution in [1.82, 2.24) is 5.32 Å². The summed E-state index contributed by atoms with van der Waals surface area (Å²) in [7, 11) is 0. The molecule has 0 aliphatic carbocycles. The maximum Gasteiger partial charge on any atom is 0.326 e. The quantitative estimate of drug-likeness (QED) is 0.791. The van der Waals surface area contributed by atoms with Gasteiger partial charge in [-0.15, -0.1) is 0 Å². The molecule has 0 aromatic heterocycles. The molecular weight excluding hydrogens is 258 g/mol. The number of carbonyl (C=O) groups excluding carboxylic acids is 1. The molecule has 5 heteroatoms. The van der Waals surface area contributed by atoms with Gasteiger partial charge in [-0.3, -0.25) is 4.79 Å². The van der Waals surface area contributed by atoms with Crippen LogP contribution in [0.25, 0.3) is 10.8 Å². The Kier molecular flexibility index (Phi) is 3.89. The van der Waals surface area contributed by atoms with Crippen molar-refractivity contribution in [3.8, 4) is 5.75 Å². The first-order valence-corrected chi connectivity index (χ1v) is 6.18. The van der Waals surface area contributed by atoms with Crippen LogP contribution < -0.4 is 5.32 Å². The van der Waals surface area contributed by atoms with Crippen molar-refractivity contribution in [3.63, 3.8) is 0 Å². The number of fused-ring (bicyclic) bond motifs is 1. The number of benzene rings is 2. The second-order valence-corrected chi connectivity index (χ2v) is 4.58. The second kappa shape index (κ2) is 5.61. The molecule has 1 amide bonds. The Bertz CT molecular complexity index is 666. The molecule has 3 N–H and O–H groups in total. The highest BCUT2D eigenvalue weighted by Gasteiger charge is 2.21. The minimum absolute atomic E-state index is 0.0281. The molecule has 1 unspecified atom stereocenters. The Morgan fingerprint density at radius 3 is 2.55 bits per heavy atom. The SMILES string of the molecule is CC(=O)NC(Cc1c(O)ccc2ccccc12)C(=O)O. The molecule has 5 nitrogen and oxygen atoms in total. The summed E-state index contributed by atoms with van der Waals surface area (Å²) >= 11 is 0. The van der Waals surface area contributed by atoms with E-state index in [0.29, 0.717) is 5.56 Å². The van der Waals surface area contributed by atoms with Gasteiger partial charge in [0.15, 0.2) is 0 Å². The highest BCUT2D eigenvalue weighted by atomic mass is 16.4. The first-order valence-electron chi connectivity index (χ1n) is 6.18. The van der Waals surface area contributed by atoms with Gasteiger partial charge in [0, 0.05) is 18.9 Å². The topological polar surface area (TPSA) is 86.6 Å². The Hall–Kier alpha value is -2.56. The van der Waals surface area contributed by atoms with Crippen molar-refractivity contribution in [2.75, 3.05) is 0 Å². The molecule has 104 valence electrons. The van der Waals surface area contributed by atoms with E-state index in [1.807, 2.05) is 24.3 Å². The summed E-state index contributed by atoms with van der Waals surface area (Å²) in [4.78, 5) is 22.3. The fourth-order valence-electron chi connectivity index (χ4n) is 2.19. The van der Waals surface area contributed by atoms with Crippen molar-refractivity contribution in [3.05, 3.63) is 42.0 Å². The Labute approximate surface area is 115 Å². The summed E-state index contributed by atoms with van der Waals surface area (Å²) in [5.74, 6) is -1.52. The normalized spacial score (nSPS) is 12.1. The van der Waals surface area contributed by atoms with E-state index >= 15 is 0 Å². The highest BCUT2D eigenvalue weighted by molar-refractivity contribution is 5.89. The lowest BCUT2D eigenvalue weighted by Gasteiger charge is -2.16. The van der Waals surface area contributed by atoms with Crippen LogP contribution in [-0.2, 0) is 16.0 Å². The molecule has 2 aromatic carbocycles. The zero-order chi connectivity index (χ0) is 14.7. The van der Waals surface area contributed by atoms with E-state index in [9.17, 15) is 14.7 Å². The van der Waals surface area contributed by atoms with E-state index < -0.39 is 17.9 Å². The Morgan fingerprint density at radius 1 is 1.20 bits per heavy atom. The van der Waals surface area contributed by atoms with Crippen molar-refractivity contribution >= 4 is 22.6 Å². The maximum atomic E-state index is 11.2. The van der Waals surface area contributed by atoms with Crippen molar-refractivity contribution in [2.24, 2.45) is 0 Å². The molecule has 1 atom stereocenters. The molecule has 2 aromatic rings. The lowest BCUT2D eigenvalue weighted by atomic mass is 9.97. The number of hydrogen-bond acceptors (Lipinski definition) is 3. The fraction of sp³-hybridized carbons (Fsp3) is 0.200. The predicted octanol–water partition coefficient (Wildman–Crippen LogP) is 1.68. The van der Waals surface area contributed by atoms with Crippen LogP contribution in [0.15, 0.2) is 36.4 Å². The van der Waals surface area contributed by atoms with Crippen LogP contribution in [0.1, 0.15) is 12.5 Å². The lowest BCUT2D eigenvalue weighted by molar-refractivity contribution is -0.141. The molecule has 0 saturated heterocycles. The number of carbonyl (C=O) groups is 2. The average molecular weight is 273 g/mol. The van der Waals surface area contributed by atoms with Gasteiger partial charge in [0.1, 0.15) is 11.8 Å². The summed E-state index contributed by atoms with van der Waals surface area (Å²) in [6, 6.07) is 9.62. The molecule has 20 heavy (non-hydrogen) atoms. The molecule has 0 saturated carbocycles. The monoisotopic (exact) mass is 273 g/mol. The molecule has 0 fully saturated rings. The molecule has 0 bridgehead atoms. The van der Waals surface area contributed by atoms with Gasteiger partial charge in [0.05, 0.1) is 0 Å². The minimum Gasteiger partial charge on any atom is -0.508 e. The van der Waals surface area contributed by atoms with Gasteiger partial charge in [-0.1, -0.05) is 30.3 Å². The van der Waals surface area contributed by atoms with Gasteiger partial charge in [0.2, 0.25) is 5.91 Å². The van der Waals surface area contributed by atoms with Gasteiger partial charge in [0.25, 0.3) is 0 Å².